The molecule has 24 heavy (non-hydrogen) atoms. The second kappa shape index (κ2) is 7.63. The van der Waals surface area contributed by atoms with E-state index < -0.39 is 0 Å². The van der Waals surface area contributed by atoms with E-state index in [2.05, 4.69) is 24.5 Å². The molecule has 1 amide bonds. The molecule has 1 aliphatic heterocycles. The second-order valence-corrected chi connectivity index (χ2v) is 7.59. The van der Waals surface area contributed by atoms with E-state index in [4.69, 9.17) is 11.6 Å². The highest BCUT2D eigenvalue weighted by Gasteiger charge is 2.58. The first-order chi connectivity index (χ1) is 11.1. The summed E-state index contributed by atoms with van der Waals surface area (Å²) in [4.78, 5) is 12.9. The van der Waals surface area contributed by atoms with Crippen LogP contribution in [0.1, 0.15) is 51.5 Å². The molecular formula is C19H28Cl2N2O. The molecule has 5 heteroatoms. The van der Waals surface area contributed by atoms with E-state index in [9.17, 15) is 4.79 Å². The monoisotopic (exact) mass is 370 g/mol. The Morgan fingerprint density at radius 3 is 2.38 bits per heavy atom. The fourth-order valence-electron chi connectivity index (χ4n) is 4.19. The Labute approximate surface area is 156 Å². The van der Waals surface area contributed by atoms with E-state index in [1.54, 1.807) is 0 Å². The van der Waals surface area contributed by atoms with Gasteiger partial charge in [0, 0.05) is 10.9 Å². The smallest absolute Gasteiger partial charge is 0.224 e. The number of nitrogens with one attached hydrogen (secondary N) is 2. The number of carbonyl (C=O) groups excluding carboxylic acids is 1. The average molecular weight is 371 g/mol. The lowest BCUT2D eigenvalue weighted by Gasteiger charge is -2.34. The molecule has 2 aliphatic rings. The molecule has 1 aliphatic carbocycles. The SMILES string of the molecule is CCC(CC)(NC(=O)C1CC12CCNCC2)c1ccc(Cl)cc1.Cl. The van der Waals surface area contributed by atoms with Crippen LogP contribution in [0.15, 0.2) is 24.3 Å². The van der Waals surface area contributed by atoms with Crippen molar-refractivity contribution in [1.29, 1.82) is 0 Å². The van der Waals surface area contributed by atoms with Crippen molar-refractivity contribution >= 4 is 29.9 Å². The molecule has 1 spiro atoms. The van der Waals surface area contributed by atoms with Crippen molar-refractivity contribution in [1.82, 2.24) is 10.6 Å². The number of hydrogen-bond acceptors (Lipinski definition) is 2. The van der Waals surface area contributed by atoms with Crippen molar-refractivity contribution in [3.8, 4) is 0 Å². The van der Waals surface area contributed by atoms with Gasteiger partial charge < -0.3 is 10.6 Å². The zero-order valence-corrected chi connectivity index (χ0v) is 16.1. The minimum absolute atomic E-state index is 0. The number of hydrogen-bond donors (Lipinski definition) is 2. The molecule has 3 rings (SSSR count). The number of carbonyl (C=O) groups is 1. The summed E-state index contributed by atoms with van der Waals surface area (Å²) in [6.07, 6.45) is 5.11. The van der Waals surface area contributed by atoms with E-state index in [0.29, 0.717) is 0 Å². The van der Waals surface area contributed by atoms with Crippen LogP contribution in [-0.2, 0) is 10.3 Å². The summed E-state index contributed by atoms with van der Waals surface area (Å²) in [5, 5.41) is 7.53. The second-order valence-electron chi connectivity index (χ2n) is 7.15. The third kappa shape index (κ3) is 3.58. The zero-order valence-electron chi connectivity index (χ0n) is 14.5. The van der Waals surface area contributed by atoms with Crippen LogP contribution in [0, 0.1) is 11.3 Å². The van der Waals surface area contributed by atoms with Gasteiger partial charge in [-0.05, 0) is 68.3 Å². The summed E-state index contributed by atoms with van der Waals surface area (Å²) in [5.41, 5.74) is 1.15. The Kier molecular flexibility index (Phi) is 6.22. The third-order valence-corrected chi connectivity index (χ3v) is 6.32. The molecule has 2 fully saturated rings. The molecule has 3 nitrogen and oxygen atoms in total. The van der Waals surface area contributed by atoms with Crippen LogP contribution in [0.2, 0.25) is 5.02 Å². The highest BCUT2D eigenvalue weighted by Crippen LogP contribution is 2.58. The van der Waals surface area contributed by atoms with Gasteiger partial charge in [-0.2, -0.15) is 0 Å². The first-order valence-corrected chi connectivity index (χ1v) is 9.22. The van der Waals surface area contributed by atoms with Crippen molar-refractivity contribution in [2.75, 3.05) is 13.1 Å². The van der Waals surface area contributed by atoms with Crippen LogP contribution in [0.25, 0.3) is 0 Å². The number of benzene rings is 1. The van der Waals surface area contributed by atoms with Crippen LogP contribution in [0.4, 0.5) is 0 Å². The summed E-state index contributed by atoms with van der Waals surface area (Å²) in [6.45, 7) is 6.39. The molecule has 1 aromatic carbocycles. The minimum Gasteiger partial charge on any atom is -0.346 e. The number of piperidine rings is 1. The summed E-state index contributed by atoms with van der Waals surface area (Å²) in [6, 6.07) is 7.91. The Bertz CT molecular complexity index is 563. The van der Waals surface area contributed by atoms with Crippen LogP contribution >= 0.6 is 24.0 Å². The van der Waals surface area contributed by atoms with Crippen LogP contribution in [0.5, 0.6) is 0 Å². The van der Waals surface area contributed by atoms with Crippen molar-refractivity contribution < 1.29 is 4.79 Å². The molecule has 1 saturated heterocycles. The number of halogens is 2. The fourth-order valence-corrected chi connectivity index (χ4v) is 4.32. The molecule has 134 valence electrons. The first-order valence-electron chi connectivity index (χ1n) is 8.84. The molecule has 0 bridgehead atoms. The maximum absolute atomic E-state index is 12.9. The van der Waals surface area contributed by atoms with Crippen molar-refractivity contribution in [2.24, 2.45) is 11.3 Å². The summed E-state index contributed by atoms with van der Waals surface area (Å²) < 4.78 is 0. The quantitative estimate of drug-likeness (QED) is 0.811. The van der Waals surface area contributed by atoms with Crippen LogP contribution in [-0.4, -0.2) is 19.0 Å². The fraction of sp³-hybridized carbons (Fsp3) is 0.632. The largest absolute Gasteiger partial charge is 0.346 e. The van der Waals surface area contributed by atoms with Gasteiger partial charge in [-0.15, -0.1) is 12.4 Å². The van der Waals surface area contributed by atoms with Crippen molar-refractivity contribution in [2.45, 2.75) is 51.5 Å². The molecule has 0 radical (unpaired) electrons. The number of rotatable bonds is 5. The van der Waals surface area contributed by atoms with Gasteiger partial charge in [-0.1, -0.05) is 37.6 Å². The van der Waals surface area contributed by atoms with E-state index in [1.165, 1.54) is 0 Å². The van der Waals surface area contributed by atoms with Gasteiger partial charge in [-0.25, -0.2) is 0 Å². The van der Waals surface area contributed by atoms with Gasteiger partial charge in [0.25, 0.3) is 0 Å². The lowest BCUT2D eigenvalue weighted by Crippen LogP contribution is -2.46. The lowest BCUT2D eigenvalue weighted by molar-refractivity contribution is -0.125. The summed E-state index contributed by atoms with van der Waals surface area (Å²) >= 11 is 6.02. The van der Waals surface area contributed by atoms with Gasteiger partial charge >= 0.3 is 0 Å². The molecular weight excluding hydrogens is 343 g/mol. The molecule has 1 atom stereocenters. The minimum atomic E-state index is -0.279. The summed E-state index contributed by atoms with van der Waals surface area (Å²) in [7, 11) is 0. The molecule has 1 aromatic rings. The van der Waals surface area contributed by atoms with Crippen LogP contribution < -0.4 is 10.6 Å². The Balaban J connectivity index is 0.00000208. The molecule has 1 unspecified atom stereocenters. The first kappa shape index (κ1) is 19.6. The Hall–Kier alpha value is -0.770. The van der Waals surface area contributed by atoms with Gasteiger partial charge in [-0.3, -0.25) is 4.79 Å². The van der Waals surface area contributed by atoms with Gasteiger partial charge in [0.1, 0.15) is 0 Å². The molecule has 0 aromatic heterocycles. The maximum atomic E-state index is 12.9. The van der Waals surface area contributed by atoms with Crippen LogP contribution in [0.3, 0.4) is 0 Å². The predicted octanol–water partition coefficient (Wildman–Crippen LogP) is 4.28. The molecule has 2 N–H and O–H groups in total. The molecule has 1 saturated carbocycles. The highest BCUT2D eigenvalue weighted by atomic mass is 35.5. The normalized spacial score (nSPS) is 21.9. The third-order valence-electron chi connectivity index (χ3n) is 6.07. The van der Waals surface area contributed by atoms with Crippen molar-refractivity contribution in [3.63, 3.8) is 0 Å². The standard InChI is InChI=1S/C19H27ClN2O.ClH/c1-3-19(4-2,14-5-7-15(20)8-6-14)22-17(23)16-13-18(16)9-11-21-12-10-18;/h5-8,16,21H,3-4,9-13H2,1-2H3,(H,22,23);1H. The Morgan fingerprint density at radius 2 is 1.83 bits per heavy atom. The highest BCUT2D eigenvalue weighted by molar-refractivity contribution is 6.30. The predicted molar refractivity (Wildman–Crippen MR) is 102 cm³/mol. The topological polar surface area (TPSA) is 41.1 Å². The Morgan fingerprint density at radius 1 is 1.25 bits per heavy atom. The van der Waals surface area contributed by atoms with E-state index in [0.717, 1.165) is 55.8 Å². The number of amides is 1. The summed E-state index contributed by atoms with van der Waals surface area (Å²) in [5.74, 6) is 0.444. The van der Waals surface area contributed by atoms with E-state index in [-0.39, 0.29) is 35.2 Å². The van der Waals surface area contributed by atoms with E-state index >= 15 is 0 Å². The van der Waals surface area contributed by atoms with Gasteiger partial charge in [0.15, 0.2) is 0 Å². The van der Waals surface area contributed by atoms with Gasteiger partial charge in [0.2, 0.25) is 5.91 Å². The maximum Gasteiger partial charge on any atom is 0.224 e. The van der Waals surface area contributed by atoms with Gasteiger partial charge in [0.05, 0.1) is 5.54 Å². The average Bonchev–Trinajstić information content (AvgIpc) is 3.27. The lowest BCUT2D eigenvalue weighted by atomic mass is 9.84. The zero-order chi connectivity index (χ0) is 16.5. The van der Waals surface area contributed by atoms with E-state index in [1.807, 2.05) is 24.3 Å². The molecule has 1 heterocycles. The van der Waals surface area contributed by atoms with Crippen molar-refractivity contribution in [3.05, 3.63) is 34.9 Å².